The molecule has 6 nitrogen and oxygen atoms in total. The van der Waals surface area contributed by atoms with Crippen LogP contribution in [0.2, 0.25) is 0 Å². The molecule has 0 aliphatic carbocycles. The first-order chi connectivity index (χ1) is 11.2. The van der Waals surface area contributed by atoms with Gasteiger partial charge in [-0.3, -0.25) is 9.89 Å². The van der Waals surface area contributed by atoms with Crippen molar-refractivity contribution in [2.45, 2.75) is 45.1 Å². The monoisotopic (exact) mass is 329 g/mol. The van der Waals surface area contributed by atoms with Gasteiger partial charge in [0.15, 0.2) is 5.54 Å². The molecule has 128 valence electrons. The van der Waals surface area contributed by atoms with Gasteiger partial charge in [-0.1, -0.05) is 58.0 Å². The summed E-state index contributed by atoms with van der Waals surface area (Å²) in [6.07, 6.45) is 0.217. The van der Waals surface area contributed by atoms with Gasteiger partial charge in [-0.25, -0.2) is 4.79 Å². The fourth-order valence-corrected chi connectivity index (χ4v) is 2.50. The Balaban J connectivity index is 2.35. The van der Waals surface area contributed by atoms with Crippen LogP contribution < -0.4 is 5.32 Å². The summed E-state index contributed by atoms with van der Waals surface area (Å²) in [6.45, 7) is 7.73. The number of nitrogens with one attached hydrogen (secondary N) is 2. The molecule has 2 rings (SSSR count). The third-order valence-electron chi connectivity index (χ3n) is 4.11. The molecule has 2 aromatic rings. The van der Waals surface area contributed by atoms with E-state index in [1.54, 1.807) is 43.3 Å². The fourth-order valence-electron chi connectivity index (χ4n) is 2.50. The van der Waals surface area contributed by atoms with Gasteiger partial charge in [-0.05, 0) is 18.1 Å². The quantitative estimate of drug-likeness (QED) is 0.786. The molecule has 6 heteroatoms. The highest BCUT2D eigenvalue weighted by Crippen LogP contribution is 2.26. The predicted octanol–water partition coefficient (Wildman–Crippen LogP) is 2.83. The number of hydrogen-bond donors (Lipinski definition) is 3. The minimum absolute atomic E-state index is 0.176. The van der Waals surface area contributed by atoms with Gasteiger partial charge in [0.1, 0.15) is 5.69 Å². The molecule has 3 N–H and O–H groups in total. The molecule has 1 aromatic carbocycles. The van der Waals surface area contributed by atoms with Gasteiger partial charge in [-0.15, -0.1) is 0 Å². The third kappa shape index (κ3) is 3.32. The number of aromatic amines is 1. The average Bonchev–Trinajstić information content (AvgIpc) is 3.03. The van der Waals surface area contributed by atoms with Gasteiger partial charge in [-0.2, -0.15) is 5.10 Å². The third-order valence-corrected chi connectivity index (χ3v) is 4.11. The molecule has 0 saturated carbocycles. The van der Waals surface area contributed by atoms with E-state index in [1.807, 2.05) is 20.8 Å². The molecule has 1 aromatic heterocycles. The second kappa shape index (κ2) is 6.47. The zero-order valence-corrected chi connectivity index (χ0v) is 14.4. The minimum atomic E-state index is -1.49. The molecule has 0 radical (unpaired) electrons. The largest absolute Gasteiger partial charge is 0.479 e. The molecule has 1 atom stereocenters. The maximum atomic E-state index is 12.6. The van der Waals surface area contributed by atoms with Crippen molar-refractivity contribution in [1.29, 1.82) is 0 Å². The Kier molecular flexibility index (Phi) is 4.78. The lowest BCUT2D eigenvalue weighted by Crippen LogP contribution is -2.51. The van der Waals surface area contributed by atoms with Crippen molar-refractivity contribution >= 4 is 11.9 Å². The van der Waals surface area contributed by atoms with Crippen LogP contribution in [0.4, 0.5) is 0 Å². The van der Waals surface area contributed by atoms with Crippen molar-refractivity contribution in [3.8, 4) is 0 Å². The fraction of sp³-hybridized carbons (Fsp3) is 0.389. The summed E-state index contributed by atoms with van der Waals surface area (Å²) in [5, 5.41) is 19.3. The highest BCUT2D eigenvalue weighted by atomic mass is 16.4. The molecular formula is C18H23N3O3. The van der Waals surface area contributed by atoms with Crippen LogP contribution in [0.3, 0.4) is 0 Å². The molecule has 0 spiro atoms. The topological polar surface area (TPSA) is 95.1 Å². The second-order valence-corrected chi connectivity index (χ2v) is 6.80. The molecule has 0 aliphatic rings. The number of amides is 1. The number of hydrogen-bond acceptors (Lipinski definition) is 3. The Hall–Kier alpha value is -2.63. The summed E-state index contributed by atoms with van der Waals surface area (Å²) in [4.78, 5) is 24.5. The molecular weight excluding hydrogens is 306 g/mol. The van der Waals surface area contributed by atoms with Crippen molar-refractivity contribution in [3.05, 3.63) is 53.3 Å². The number of carboxylic acids is 1. The van der Waals surface area contributed by atoms with Crippen molar-refractivity contribution in [1.82, 2.24) is 15.5 Å². The van der Waals surface area contributed by atoms with Gasteiger partial charge >= 0.3 is 5.97 Å². The number of carbonyl (C=O) groups is 2. The van der Waals surface area contributed by atoms with E-state index in [2.05, 4.69) is 15.5 Å². The number of H-pyrrole nitrogens is 1. The lowest BCUT2D eigenvalue weighted by molar-refractivity contribution is -0.145. The van der Waals surface area contributed by atoms with Gasteiger partial charge in [0.2, 0.25) is 0 Å². The van der Waals surface area contributed by atoms with E-state index in [-0.39, 0.29) is 17.5 Å². The first-order valence-electron chi connectivity index (χ1n) is 7.88. The molecule has 1 heterocycles. The summed E-state index contributed by atoms with van der Waals surface area (Å²) in [7, 11) is 0. The molecule has 1 unspecified atom stereocenters. The van der Waals surface area contributed by atoms with Crippen molar-refractivity contribution in [3.63, 3.8) is 0 Å². The number of aliphatic carboxylic acids is 1. The summed E-state index contributed by atoms with van der Waals surface area (Å²) in [5.41, 5.74) is -0.154. The molecule has 0 saturated heterocycles. The number of carboxylic acid groups (broad SMARTS) is 1. The zero-order chi connectivity index (χ0) is 18.0. The van der Waals surface area contributed by atoms with Crippen molar-refractivity contribution < 1.29 is 14.7 Å². The average molecular weight is 329 g/mol. The second-order valence-electron chi connectivity index (χ2n) is 6.80. The standard InChI is InChI=1S/C18H23N3O3/c1-5-18(16(23)24,12-9-7-6-8-10-12)19-15(22)13-11-14(21-20-13)17(2,3)4/h6-11H,5H2,1-4H3,(H,19,22)(H,20,21)(H,23,24). The van der Waals surface area contributed by atoms with E-state index in [9.17, 15) is 14.7 Å². The Morgan fingerprint density at radius 3 is 2.29 bits per heavy atom. The SMILES string of the molecule is CCC(NC(=O)c1cc(C(C)(C)C)[nH]n1)(C(=O)O)c1ccccc1. The van der Waals surface area contributed by atoms with Crippen LogP contribution in [0.5, 0.6) is 0 Å². The van der Waals surface area contributed by atoms with Gasteiger partial charge in [0, 0.05) is 11.1 Å². The molecule has 0 aliphatic heterocycles. The van der Waals surface area contributed by atoms with Crippen LogP contribution >= 0.6 is 0 Å². The summed E-state index contributed by atoms with van der Waals surface area (Å²) >= 11 is 0. The van der Waals surface area contributed by atoms with Crippen LogP contribution in [0.15, 0.2) is 36.4 Å². The van der Waals surface area contributed by atoms with Crippen LogP contribution in [0.1, 0.15) is 55.9 Å². The number of carbonyl (C=O) groups excluding carboxylic acids is 1. The Morgan fingerprint density at radius 2 is 1.83 bits per heavy atom. The normalized spacial score (nSPS) is 14.0. The van der Waals surface area contributed by atoms with Crippen LogP contribution in [-0.4, -0.2) is 27.2 Å². The molecule has 24 heavy (non-hydrogen) atoms. The van der Waals surface area contributed by atoms with E-state index in [0.29, 0.717) is 5.56 Å². The maximum Gasteiger partial charge on any atom is 0.334 e. The van der Waals surface area contributed by atoms with E-state index in [0.717, 1.165) is 5.69 Å². The van der Waals surface area contributed by atoms with Gasteiger partial charge in [0.05, 0.1) is 0 Å². The number of benzene rings is 1. The minimum Gasteiger partial charge on any atom is -0.479 e. The highest BCUT2D eigenvalue weighted by Gasteiger charge is 2.40. The van der Waals surface area contributed by atoms with Gasteiger partial charge < -0.3 is 10.4 Å². The summed E-state index contributed by atoms with van der Waals surface area (Å²) < 4.78 is 0. The maximum absolute atomic E-state index is 12.6. The van der Waals surface area contributed by atoms with E-state index < -0.39 is 17.4 Å². The van der Waals surface area contributed by atoms with Crippen molar-refractivity contribution in [2.75, 3.05) is 0 Å². The lowest BCUT2D eigenvalue weighted by Gasteiger charge is -2.29. The number of rotatable bonds is 5. The molecule has 0 bridgehead atoms. The van der Waals surface area contributed by atoms with E-state index in [4.69, 9.17) is 0 Å². The molecule has 0 fully saturated rings. The van der Waals surface area contributed by atoms with Crippen LogP contribution in [-0.2, 0) is 15.7 Å². The van der Waals surface area contributed by atoms with Crippen LogP contribution in [0.25, 0.3) is 0 Å². The Labute approximate surface area is 141 Å². The van der Waals surface area contributed by atoms with Crippen LogP contribution in [0, 0.1) is 0 Å². The first kappa shape index (κ1) is 17.7. The number of nitrogens with zero attached hydrogens (tertiary/aromatic N) is 1. The number of aromatic nitrogens is 2. The summed E-state index contributed by atoms with van der Waals surface area (Å²) in [5.74, 6) is -1.62. The molecule has 1 amide bonds. The van der Waals surface area contributed by atoms with Gasteiger partial charge in [0.25, 0.3) is 5.91 Å². The predicted molar refractivity (Wildman–Crippen MR) is 90.8 cm³/mol. The Morgan fingerprint density at radius 1 is 1.21 bits per heavy atom. The summed E-state index contributed by atoms with van der Waals surface area (Å²) in [6, 6.07) is 10.4. The van der Waals surface area contributed by atoms with E-state index in [1.165, 1.54) is 0 Å². The zero-order valence-electron chi connectivity index (χ0n) is 14.4. The lowest BCUT2D eigenvalue weighted by atomic mass is 9.87. The van der Waals surface area contributed by atoms with Crippen molar-refractivity contribution in [2.24, 2.45) is 0 Å². The van der Waals surface area contributed by atoms with E-state index >= 15 is 0 Å². The highest BCUT2D eigenvalue weighted by molar-refractivity contribution is 5.96. The smallest absolute Gasteiger partial charge is 0.334 e. The first-order valence-corrected chi connectivity index (χ1v) is 7.88. The Bertz CT molecular complexity index is 731.